The standard InChI is InChI=1S/C23H36/c1-3-19-8-10-21(11-9-19)17-23-14-12-22(13-15-23)16-20-6-4-18(2)5-7-20/h8-11,18,20,22-23H,3-7,12-17H2,1-2H3. The Morgan fingerprint density at radius 3 is 1.74 bits per heavy atom. The lowest BCUT2D eigenvalue weighted by molar-refractivity contribution is 0.195. The van der Waals surface area contributed by atoms with Gasteiger partial charge >= 0.3 is 0 Å². The maximum Gasteiger partial charge on any atom is -0.0250 e. The zero-order chi connectivity index (χ0) is 16.1. The number of hydrogen-bond donors (Lipinski definition) is 0. The fourth-order valence-corrected chi connectivity index (χ4v) is 4.95. The largest absolute Gasteiger partial charge is 0.0625 e. The molecular weight excluding hydrogens is 276 g/mol. The molecule has 0 heterocycles. The molecule has 0 N–H and O–H groups in total. The van der Waals surface area contributed by atoms with E-state index in [2.05, 4.69) is 38.1 Å². The van der Waals surface area contributed by atoms with Crippen molar-refractivity contribution < 1.29 is 0 Å². The Kier molecular flexibility index (Phi) is 6.20. The highest BCUT2D eigenvalue weighted by molar-refractivity contribution is 5.22. The average molecular weight is 313 g/mol. The van der Waals surface area contributed by atoms with Crippen LogP contribution < -0.4 is 0 Å². The zero-order valence-corrected chi connectivity index (χ0v) is 15.4. The normalized spacial score (nSPS) is 31.9. The number of rotatable bonds is 5. The molecule has 128 valence electrons. The molecule has 2 aliphatic carbocycles. The molecule has 23 heavy (non-hydrogen) atoms. The first-order valence-electron chi connectivity index (χ1n) is 10.3. The minimum atomic E-state index is 0.949. The van der Waals surface area contributed by atoms with Crippen molar-refractivity contribution in [3.05, 3.63) is 35.4 Å². The minimum absolute atomic E-state index is 0.949. The fraction of sp³-hybridized carbons (Fsp3) is 0.739. The molecule has 0 aliphatic heterocycles. The number of benzene rings is 1. The van der Waals surface area contributed by atoms with E-state index in [1.165, 1.54) is 63.4 Å². The van der Waals surface area contributed by atoms with Crippen molar-refractivity contribution in [2.75, 3.05) is 0 Å². The summed E-state index contributed by atoms with van der Waals surface area (Å²) in [6.07, 6.45) is 16.0. The van der Waals surface area contributed by atoms with Crippen molar-refractivity contribution >= 4 is 0 Å². The van der Waals surface area contributed by atoms with Crippen molar-refractivity contribution in [3.8, 4) is 0 Å². The second kappa shape index (κ2) is 8.36. The van der Waals surface area contributed by atoms with E-state index in [1.54, 1.807) is 12.0 Å². The Morgan fingerprint density at radius 2 is 1.17 bits per heavy atom. The van der Waals surface area contributed by atoms with Crippen LogP contribution in [0.2, 0.25) is 0 Å². The molecule has 0 saturated heterocycles. The summed E-state index contributed by atoms with van der Waals surface area (Å²) in [5, 5.41) is 0. The quantitative estimate of drug-likeness (QED) is 0.560. The third-order valence-electron chi connectivity index (χ3n) is 6.72. The number of aryl methyl sites for hydroxylation is 1. The van der Waals surface area contributed by atoms with Gasteiger partial charge in [0.1, 0.15) is 0 Å². The molecular formula is C23H36. The van der Waals surface area contributed by atoms with E-state index in [-0.39, 0.29) is 0 Å². The summed E-state index contributed by atoms with van der Waals surface area (Å²) in [6, 6.07) is 9.39. The predicted molar refractivity (Wildman–Crippen MR) is 101 cm³/mol. The van der Waals surface area contributed by atoms with E-state index in [9.17, 15) is 0 Å². The van der Waals surface area contributed by atoms with Gasteiger partial charge in [-0.05, 0) is 66.9 Å². The van der Waals surface area contributed by atoms with Gasteiger partial charge in [0.15, 0.2) is 0 Å². The molecule has 0 heteroatoms. The van der Waals surface area contributed by atoms with Crippen LogP contribution in [-0.2, 0) is 12.8 Å². The summed E-state index contributed by atoms with van der Waals surface area (Å²) in [7, 11) is 0. The van der Waals surface area contributed by atoms with Crippen molar-refractivity contribution in [2.45, 2.75) is 84.5 Å². The Bertz CT molecular complexity index is 441. The summed E-state index contributed by atoms with van der Waals surface area (Å²) in [6.45, 7) is 4.68. The maximum absolute atomic E-state index is 2.44. The van der Waals surface area contributed by atoms with Crippen LogP contribution >= 0.6 is 0 Å². The van der Waals surface area contributed by atoms with Gasteiger partial charge in [-0.15, -0.1) is 0 Å². The molecule has 1 aromatic carbocycles. The molecule has 2 saturated carbocycles. The zero-order valence-electron chi connectivity index (χ0n) is 15.4. The second-order valence-electron chi connectivity index (χ2n) is 8.62. The second-order valence-corrected chi connectivity index (χ2v) is 8.62. The highest BCUT2D eigenvalue weighted by Gasteiger charge is 2.26. The molecule has 3 rings (SSSR count). The van der Waals surface area contributed by atoms with E-state index < -0.39 is 0 Å². The Morgan fingerprint density at radius 1 is 0.696 bits per heavy atom. The van der Waals surface area contributed by atoms with Crippen LogP contribution in [0.25, 0.3) is 0 Å². The first-order chi connectivity index (χ1) is 11.2. The molecule has 0 radical (unpaired) electrons. The summed E-state index contributed by atoms with van der Waals surface area (Å²) in [5.74, 6) is 4.06. The third-order valence-corrected chi connectivity index (χ3v) is 6.72. The molecule has 2 fully saturated rings. The summed E-state index contributed by atoms with van der Waals surface area (Å²) < 4.78 is 0. The van der Waals surface area contributed by atoms with Gasteiger partial charge in [0.25, 0.3) is 0 Å². The van der Waals surface area contributed by atoms with Crippen LogP contribution in [-0.4, -0.2) is 0 Å². The number of hydrogen-bond acceptors (Lipinski definition) is 0. The first kappa shape index (κ1) is 17.1. The minimum Gasteiger partial charge on any atom is -0.0625 e. The molecule has 0 amide bonds. The lowest BCUT2D eigenvalue weighted by Gasteiger charge is -2.33. The van der Waals surface area contributed by atoms with Gasteiger partial charge in [-0.25, -0.2) is 0 Å². The fourth-order valence-electron chi connectivity index (χ4n) is 4.95. The average Bonchev–Trinajstić information content (AvgIpc) is 2.59. The topological polar surface area (TPSA) is 0 Å². The van der Waals surface area contributed by atoms with Gasteiger partial charge in [-0.3, -0.25) is 0 Å². The van der Waals surface area contributed by atoms with Crippen LogP contribution in [0.4, 0.5) is 0 Å². The van der Waals surface area contributed by atoms with E-state index in [4.69, 9.17) is 0 Å². The van der Waals surface area contributed by atoms with Crippen molar-refractivity contribution in [1.82, 2.24) is 0 Å². The Balaban J connectivity index is 1.39. The summed E-state index contributed by atoms with van der Waals surface area (Å²) in [5.41, 5.74) is 3.03. The maximum atomic E-state index is 2.44. The van der Waals surface area contributed by atoms with Crippen LogP contribution in [0.1, 0.15) is 82.8 Å². The van der Waals surface area contributed by atoms with E-state index in [0.29, 0.717) is 0 Å². The van der Waals surface area contributed by atoms with Gasteiger partial charge < -0.3 is 0 Å². The van der Waals surface area contributed by atoms with Gasteiger partial charge in [0.05, 0.1) is 0 Å². The monoisotopic (exact) mass is 312 g/mol. The highest BCUT2D eigenvalue weighted by Crippen LogP contribution is 2.38. The van der Waals surface area contributed by atoms with Gasteiger partial charge in [-0.1, -0.05) is 76.6 Å². The van der Waals surface area contributed by atoms with Gasteiger partial charge in [-0.2, -0.15) is 0 Å². The molecule has 0 bridgehead atoms. The van der Waals surface area contributed by atoms with E-state index in [1.807, 2.05) is 0 Å². The van der Waals surface area contributed by atoms with Crippen molar-refractivity contribution in [2.24, 2.45) is 23.7 Å². The van der Waals surface area contributed by atoms with E-state index in [0.717, 1.165) is 30.1 Å². The van der Waals surface area contributed by atoms with Crippen LogP contribution in [0.15, 0.2) is 24.3 Å². The molecule has 0 nitrogen and oxygen atoms in total. The van der Waals surface area contributed by atoms with Gasteiger partial charge in [0, 0.05) is 0 Å². The van der Waals surface area contributed by atoms with Crippen LogP contribution in [0.5, 0.6) is 0 Å². The third kappa shape index (κ3) is 5.10. The molecule has 0 spiro atoms. The SMILES string of the molecule is CCc1ccc(CC2CCC(CC3CCC(C)CC3)CC2)cc1. The molecule has 0 aromatic heterocycles. The van der Waals surface area contributed by atoms with Gasteiger partial charge in [0.2, 0.25) is 0 Å². The molecule has 1 aromatic rings. The molecule has 0 unspecified atom stereocenters. The molecule has 2 aliphatic rings. The van der Waals surface area contributed by atoms with Crippen LogP contribution in [0.3, 0.4) is 0 Å². The van der Waals surface area contributed by atoms with Crippen LogP contribution in [0, 0.1) is 23.7 Å². The smallest absolute Gasteiger partial charge is 0.0250 e. The summed E-state index contributed by atoms with van der Waals surface area (Å²) >= 11 is 0. The van der Waals surface area contributed by atoms with Crippen molar-refractivity contribution in [3.63, 3.8) is 0 Å². The van der Waals surface area contributed by atoms with Crippen molar-refractivity contribution in [1.29, 1.82) is 0 Å². The highest BCUT2D eigenvalue weighted by atomic mass is 14.3. The first-order valence-corrected chi connectivity index (χ1v) is 10.3. The van der Waals surface area contributed by atoms with E-state index >= 15 is 0 Å². The molecule has 0 atom stereocenters. The Hall–Kier alpha value is -0.780. The predicted octanol–water partition coefficient (Wildman–Crippen LogP) is 6.81. The lowest BCUT2D eigenvalue weighted by Crippen LogP contribution is -2.21. The lowest BCUT2D eigenvalue weighted by atomic mass is 9.72. The summed E-state index contributed by atoms with van der Waals surface area (Å²) in [4.78, 5) is 0. The Labute approximate surface area is 144 Å².